The average molecular weight is 491 g/mol. The van der Waals surface area contributed by atoms with Crippen LogP contribution >= 0.6 is 11.8 Å². The fourth-order valence-corrected chi connectivity index (χ4v) is 5.70. The highest BCUT2D eigenvalue weighted by Gasteiger charge is 2.27. The second kappa shape index (κ2) is 11.8. The number of carbonyl (C=O) groups excluding carboxylic acids is 1. The summed E-state index contributed by atoms with van der Waals surface area (Å²) in [7, 11) is 4.80. The molecule has 0 spiro atoms. The lowest BCUT2D eigenvalue weighted by atomic mass is 9.95. The Morgan fingerprint density at radius 1 is 1.00 bits per heavy atom. The van der Waals surface area contributed by atoms with E-state index in [-0.39, 0.29) is 18.0 Å². The van der Waals surface area contributed by atoms with Gasteiger partial charge in [0, 0.05) is 23.7 Å². The standard InChI is InChI=1S/C25H38N4O4S/c1-16(2)28(17(3)4)22(30)15-34-25-27-26-24(29(25)19-11-9-8-10-12-19)18-13-20(31-5)23(33-7)21(14-18)32-6/h13-14,16-17,19H,8-12,15H2,1-7H3. The van der Waals surface area contributed by atoms with Crippen LogP contribution in [0.15, 0.2) is 17.3 Å². The molecular weight excluding hydrogens is 452 g/mol. The van der Waals surface area contributed by atoms with Crippen molar-refractivity contribution in [3.63, 3.8) is 0 Å². The first-order valence-electron chi connectivity index (χ1n) is 12.0. The second-order valence-corrected chi connectivity index (χ2v) is 10.1. The number of hydrogen-bond donors (Lipinski definition) is 0. The van der Waals surface area contributed by atoms with Gasteiger partial charge in [-0.25, -0.2) is 0 Å². The molecule has 2 aromatic rings. The Balaban J connectivity index is 1.99. The summed E-state index contributed by atoms with van der Waals surface area (Å²) in [6.45, 7) is 8.20. The van der Waals surface area contributed by atoms with Gasteiger partial charge in [0.05, 0.1) is 27.1 Å². The third-order valence-electron chi connectivity index (χ3n) is 6.25. The minimum atomic E-state index is 0.113. The van der Waals surface area contributed by atoms with Gasteiger partial charge in [0.2, 0.25) is 11.7 Å². The summed E-state index contributed by atoms with van der Waals surface area (Å²) in [6, 6.07) is 4.41. The summed E-state index contributed by atoms with van der Waals surface area (Å²) in [5.74, 6) is 2.89. The van der Waals surface area contributed by atoms with E-state index in [0.29, 0.717) is 29.0 Å². The van der Waals surface area contributed by atoms with Crippen molar-refractivity contribution in [2.24, 2.45) is 0 Å². The number of rotatable bonds is 10. The Morgan fingerprint density at radius 3 is 2.09 bits per heavy atom. The van der Waals surface area contributed by atoms with Crippen LogP contribution in [0.3, 0.4) is 0 Å². The Labute approximate surface area is 207 Å². The van der Waals surface area contributed by atoms with Crippen LogP contribution in [0.4, 0.5) is 0 Å². The lowest BCUT2D eigenvalue weighted by Crippen LogP contribution is -2.43. The molecule has 0 N–H and O–H groups in total. The van der Waals surface area contributed by atoms with E-state index in [1.807, 2.05) is 17.0 Å². The van der Waals surface area contributed by atoms with Gasteiger partial charge in [-0.2, -0.15) is 0 Å². The van der Waals surface area contributed by atoms with Crippen molar-refractivity contribution >= 4 is 17.7 Å². The van der Waals surface area contributed by atoms with Gasteiger partial charge < -0.3 is 19.1 Å². The Hall–Kier alpha value is -2.42. The van der Waals surface area contributed by atoms with Gasteiger partial charge in [-0.05, 0) is 52.7 Å². The number of aromatic nitrogens is 3. The Bertz CT molecular complexity index is 937. The number of amides is 1. The highest BCUT2D eigenvalue weighted by atomic mass is 32.2. The van der Waals surface area contributed by atoms with Gasteiger partial charge in [0.25, 0.3) is 0 Å². The van der Waals surface area contributed by atoms with Crippen LogP contribution in [0.2, 0.25) is 0 Å². The molecule has 8 nitrogen and oxygen atoms in total. The summed E-state index contributed by atoms with van der Waals surface area (Å²) >= 11 is 1.47. The van der Waals surface area contributed by atoms with E-state index in [9.17, 15) is 4.79 Å². The molecule has 1 fully saturated rings. The molecule has 3 rings (SSSR count). The first kappa shape index (κ1) is 26.2. The van der Waals surface area contributed by atoms with Crippen molar-refractivity contribution in [1.29, 1.82) is 0 Å². The Morgan fingerprint density at radius 2 is 1.59 bits per heavy atom. The maximum atomic E-state index is 13.0. The summed E-state index contributed by atoms with van der Waals surface area (Å²) in [5, 5.41) is 9.89. The smallest absolute Gasteiger partial charge is 0.233 e. The monoisotopic (exact) mass is 490 g/mol. The summed E-state index contributed by atoms with van der Waals surface area (Å²) in [5.41, 5.74) is 0.844. The van der Waals surface area contributed by atoms with Gasteiger partial charge in [0.1, 0.15) is 0 Å². The van der Waals surface area contributed by atoms with E-state index in [4.69, 9.17) is 14.2 Å². The molecule has 1 aliphatic carbocycles. The minimum absolute atomic E-state index is 0.113. The molecule has 1 saturated carbocycles. The van der Waals surface area contributed by atoms with E-state index in [2.05, 4.69) is 42.5 Å². The van der Waals surface area contributed by atoms with Crippen LogP contribution in [0.1, 0.15) is 65.8 Å². The van der Waals surface area contributed by atoms with Gasteiger partial charge in [-0.3, -0.25) is 9.36 Å². The first-order valence-corrected chi connectivity index (χ1v) is 13.0. The van der Waals surface area contributed by atoms with Crippen molar-refractivity contribution in [3.8, 4) is 28.6 Å². The molecule has 0 radical (unpaired) electrons. The van der Waals surface area contributed by atoms with Crippen LogP contribution in [0.5, 0.6) is 17.2 Å². The van der Waals surface area contributed by atoms with Crippen LogP contribution in [0.25, 0.3) is 11.4 Å². The van der Waals surface area contributed by atoms with Gasteiger partial charge in [-0.15, -0.1) is 10.2 Å². The predicted molar refractivity (Wildman–Crippen MR) is 135 cm³/mol. The molecule has 188 valence electrons. The van der Waals surface area contributed by atoms with Gasteiger partial charge in [0.15, 0.2) is 22.5 Å². The molecule has 0 saturated heterocycles. The van der Waals surface area contributed by atoms with Crippen molar-refractivity contribution in [3.05, 3.63) is 12.1 Å². The highest BCUT2D eigenvalue weighted by Crippen LogP contribution is 2.43. The number of methoxy groups -OCH3 is 3. The van der Waals surface area contributed by atoms with E-state index >= 15 is 0 Å². The second-order valence-electron chi connectivity index (χ2n) is 9.16. The molecule has 1 aromatic carbocycles. The molecule has 34 heavy (non-hydrogen) atoms. The lowest BCUT2D eigenvalue weighted by Gasteiger charge is -2.31. The van der Waals surface area contributed by atoms with Crippen LogP contribution in [-0.4, -0.2) is 64.7 Å². The molecule has 0 unspecified atom stereocenters. The minimum Gasteiger partial charge on any atom is -0.493 e. The van der Waals surface area contributed by atoms with Crippen molar-refractivity contribution in [2.75, 3.05) is 27.1 Å². The summed E-state index contributed by atoms with van der Waals surface area (Å²) < 4.78 is 18.8. The number of ether oxygens (including phenoxy) is 3. The Kier molecular flexibility index (Phi) is 9.10. The number of thioether (sulfide) groups is 1. The van der Waals surface area contributed by atoms with Crippen LogP contribution < -0.4 is 14.2 Å². The maximum Gasteiger partial charge on any atom is 0.233 e. The first-order chi connectivity index (χ1) is 16.3. The average Bonchev–Trinajstić information content (AvgIpc) is 3.25. The van der Waals surface area contributed by atoms with Gasteiger partial charge >= 0.3 is 0 Å². The zero-order valence-electron chi connectivity index (χ0n) is 21.5. The normalized spacial score (nSPS) is 14.5. The third kappa shape index (κ3) is 5.62. The fourth-order valence-electron chi connectivity index (χ4n) is 4.82. The van der Waals surface area contributed by atoms with E-state index < -0.39 is 0 Å². The molecular formula is C25H38N4O4S. The number of benzene rings is 1. The number of carbonyl (C=O) groups is 1. The molecule has 0 atom stereocenters. The van der Waals surface area contributed by atoms with Crippen LogP contribution in [-0.2, 0) is 4.79 Å². The van der Waals surface area contributed by atoms with Crippen molar-refractivity contribution in [2.45, 2.75) is 83.1 Å². The molecule has 9 heteroatoms. The van der Waals surface area contributed by atoms with Gasteiger partial charge in [-0.1, -0.05) is 31.0 Å². The summed E-state index contributed by atoms with van der Waals surface area (Å²) in [6.07, 6.45) is 5.74. The topological polar surface area (TPSA) is 78.7 Å². The molecule has 1 aliphatic rings. The number of hydrogen-bond acceptors (Lipinski definition) is 7. The zero-order valence-corrected chi connectivity index (χ0v) is 22.3. The van der Waals surface area contributed by atoms with Crippen molar-refractivity contribution in [1.82, 2.24) is 19.7 Å². The third-order valence-corrected chi connectivity index (χ3v) is 7.18. The van der Waals surface area contributed by atoms with E-state index in [1.54, 1.807) is 21.3 Å². The number of nitrogens with zero attached hydrogens (tertiary/aromatic N) is 4. The predicted octanol–water partition coefficient (Wildman–Crippen LogP) is 5.21. The molecule has 0 aliphatic heterocycles. The molecule has 1 aromatic heterocycles. The molecule has 0 bridgehead atoms. The van der Waals surface area contributed by atoms with E-state index in [1.165, 1.54) is 31.0 Å². The maximum absolute atomic E-state index is 13.0. The largest absolute Gasteiger partial charge is 0.493 e. The quantitative estimate of drug-likeness (QED) is 0.423. The van der Waals surface area contributed by atoms with Crippen molar-refractivity contribution < 1.29 is 19.0 Å². The molecule has 1 heterocycles. The fraction of sp³-hybridized carbons (Fsp3) is 0.640. The highest BCUT2D eigenvalue weighted by molar-refractivity contribution is 7.99. The lowest BCUT2D eigenvalue weighted by molar-refractivity contribution is -0.131. The van der Waals surface area contributed by atoms with Crippen LogP contribution in [0, 0.1) is 0 Å². The SMILES string of the molecule is COc1cc(-c2nnc(SCC(=O)N(C(C)C)C(C)C)n2C2CCCCC2)cc(OC)c1OC. The molecule has 1 amide bonds. The zero-order chi connectivity index (χ0) is 24.8. The van der Waals surface area contributed by atoms with E-state index in [0.717, 1.165) is 29.4 Å². The summed E-state index contributed by atoms with van der Waals surface area (Å²) in [4.78, 5) is 14.9.